The molecule has 1 aromatic carbocycles. The first-order chi connectivity index (χ1) is 9.43. The largest absolute Gasteiger partial charge is 0.443 e. The van der Waals surface area contributed by atoms with Crippen LogP contribution in [0.3, 0.4) is 0 Å². The minimum absolute atomic E-state index is 0.154. The number of hydrogen-bond acceptors (Lipinski definition) is 4. The first-order valence-corrected chi connectivity index (χ1v) is 6.53. The van der Waals surface area contributed by atoms with E-state index < -0.39 is 17.3 Å². The predicted molar refractivity (Wildman–Crippen MR) is 68.3 cm³/mol. The molecule has 7 heteroatoms. The Balaban J connectivity index is 2.32. The van der Waals surface area contributed by atoms with Gasteiger partial charge >= 0.3 is 6.18 Å². The first kappa shape index (κ1) is 15.0. The molecule has 1 unspecified atom stereocenters. The molecule has 0 bridgehead atoms. The zero-order chi connectivity index (χ0) is 14.8. The number of aliphatic hydroxyl groups excluding tert-OH is 1. The van der Waals surface area contributed by atoms with E-state index in [0.29, 0.717) is 16.9 Å². The molecule has 0 saturated heterocycles. The van der Waals surface area contributed by atoms with Gasteiger partial charge in [-0.25, -0.2) is 4.98 Å². The van der Waals surface area contributed by atoms with Gasteiger partial charge in [0.05, 0.1) is 11.5 Å². The highest BCUT2D eigenvalue weighted by Gasteiger charge is 2.35. The number of aromatic nitrogens is 1. The number of thiazole rings is 1. The van der Waals surface area contributed by atoms with Crippen LogP contribution in [0.4, 0.5) is 13.2 Å². The second kappa shape index (κ2) is 5.90. The molecular weight excluding hydrogens is 291 g/mol. The molecule has 3 nitrogen and oxygen atoms in total. The van der Waals surface area contributed by atoms with Crippen LogP contribution in [0.25, 0.3) is 0 Å². The molecule has 1 N–H and O–H groups in total. The SMILES string of the molecule is COCc1ccccc1C(O)c1cnc(C(F)(F)F)s1. The maximum absolute atomic E-state index is 12.5. The molecule has 0 saturated carbocycles. The number of rotatable bonds is 4. The minimum atomic E-state index is -4.49. The molecule has 0 aliphatic heterocycles. The van der Waals surface area contributed by atoms with Gasteiger partial charge in [-0.15, -0.1) is 11.3 Å². The quantitative estimate of drug-likeness (QED) is 0.941. The summed E-state index contributed by atoms with van der Waals surface area (Å²) in [6.45, 7) is 0.276. The average molecular weight is 303 g/mol. The van der Waals surface area contributed by atoms with Crippen LogP contribution in [0.1, 0.15) is 27.1 Å². The fourth-order valence-corrected chi connectivity index (χ4v) is 2.57. The molecule has 0 aliphatic carbocycles. The number of halogens is 3. The number of ether oxygens (including phenoxy) is 1. The Morgan fingerprint density at radius 1 is 1.35 bits per heavy atom. The van der Waals surface area contributed by atoms with Crippen LogP contribution in [0.15, 0.2) is 30.5 Å². The van der Waals surface area contributed by atoms with Crippen LogP contribution >= 0.6 is 11.3 Å². The summed E-state index contributed by atoms with van der Waals surface area (Å²) in [5, 5.41) is 9.26. The zero-order valence-corrected chi connectivity index (χ0v) is 11.3. The smallest absolute Gasteiger partial charge is 0.383 e. The standard InChI is InChI=1S/C13H12F3NO2S/c1-19-7-8-4-2-3-5-9(8)11(18)10-6-17-12(20-10)13(14,15)16/h2-6,11,18H,7H2,1H3. The Kier molecular flexibility index (Phi) is 4.42. The van der Waals surface area contributed by atoms with Gasteiger partial charge < -0.3 is 9.84 Å². The molecule has 1 atom stereocenters. The third kappa shape index (κ3) is 3.17. The van der Waals surface area contributed by atoms with E-state index in [4.69, 9.17) is 4.74 Å². The van der Waals surface area contributed by atoms with E-state index in [1.54, 1.807) is 24.3 Å². The molecule has 108 valence electrons. The molecule has 2 aromatic rings. The van der Waals surface area contributed by atoms with E-state index in [9.17, 15) is 18.3 Å². The Morgan fingerprint density at radius 3 is 2.65 bits per heavy atom. The lowest BCUT2D eigenvalue weighted by Gasteiger charge is -2.13. The molecular formula is C13H12F3NO2S. The van der Waals surface area contributed by atoms with Gasteiger partial charge in [-0.05, 0) is 11.1 Å². The summed E-state index contributed by atoms with van der Waals surface area (Å²) in [6, 6.07) is 6.90. The highest BCUT2D eigenvalue weighted by molar-refractivity contribution is 7.11. The highest BCUT2D eigenvalue weighted by atomic mass is 32.1. The fraction of sp³-hybridized carbons (Fsp3) is 0.308. The van der Waals surface area contributed by atoms with Crippen molar-refractivity contribution in [3.8, 4) is 0 Å². The summed E-state index contributed by atoms with van der Waals surface area (Å²) in [7, 11) is 1.51. The summed E-state index contributed by atoms with van der Waals surface area (Å²) in [4.78, 5) is 3.47. The van der Waals surface area contributed by atoms with Crippen molar-refractivity contribution in [2.24, 2.45) is 0 Å². The Hall–Kier alpha value is -1.44. The van der Waals surface area contributed by atoms with Gasteiger partial charge in [0.2, 0.25) is 0 Å². The van der Waals surface area contributed by atoms with Crippen molar-refractivity contribution in [2.75, 3.05) is 7.11 Å². The molecule has 0 fully saturated rings. The molecule has 2 rings (SSSR count). The molecule has 1 heterocycles. The van der Waals surface area contributed by atoms with Crippen molar-refractivity contribution in [1.82, 2.24) is 4.98 Å². The Bertz CT molecular complexity index is 583. The normalized spacial score (nSPS) is 13.4. The fourth-order valence-electron chi connectivity index (χ4n) is 1.79. The van der Waals surface area contributed by atoms with Gasteiger partial charge in [-0.3, -0.25) is 0 Å². The van der Waals surface area contributed by atoms with Crippen molar-refractivity contribution in [2.45, 2.75) is 18.9 Å². The zero-order valence-electron chi connectivity index (χ0n) is 10.5. The number of methoxy groups -OCH3 is 1. The van der Waals surface area contributed by atoms with Gasteiger partial charge in [0.1, 0.15) is 6.10 Å². The highest BCUT2D eigenvalue weighted by Crippen LogP contribution is 2.36. The van der Waals surface area contributed by atoms with Gasteiger partial charge in [-0.2, -0.15) is 13.2 Å². The lowest BCUT2D eigenvalue weighted by molar-refractivity contribution is -0.137. The molecule has 1 aromatic heterocycles. The topological polar surface area (TPSA) is 42.4 Å². The van der Waals surface area contributed by atoms with Crippen LogP contribution < -0.4 is 0 Å². The lowest BCUT2D eigenvalue weighted by atomic mass is 10.0. The van der Waals surface area contributed by atoms with E-state index in [1.165, 1.54) is 7.11 Å². The number of aliphatic hydroxyl groups is 1. The van der Waals surface area contributed by atoms with E-state index in [-0.39, 0.29) is 11.5 Å². The molecule has 0 radical (unpaired) electrons. The van der Waals surface area contributed by atoms with Crippen molar-refractivity contribution >= 4 is 11.3 Å². The molecule has 0 aliphatic rings. The Labute approximate surface area is 117 Å². The van der Waals surface area contributed by atoms with E-state index in [2.05, 4.69) is 4.98 Å². The lowest BCUT2D eigenvalue weighted by Crippen LogP contribution is -2.03. The van der Waals surface area contributed by atoms with Crippen molar-refractivity contribution in [3.63, 3.8) is 0 Å². The van der Waals surface area contributed by atoms with Gasteiger partial charge in [0.15, 0.2) is 5.01 Å². The molecule has 0 amide bonds. The van der Waals surface area contributed by atoms with Crippen molar-refractivity contribution < 1.29 is 23.0 Å². The first-order valence-electron chi connectivity index (χ1n) is 5.71. The average Bonchev–Trinajstić information content (AvgIpc) is 2.88. The molecule has 20 heavy (non-hydrogen) atoms. The van der Waals surface area contributed by atoms with Gasteiger partial charge in [-0.1, -0.05) is 24.3 Å². The third-order valence-corrected chi connectivity index (χ3v) is 3.78. The third-order valence-electron chi connectivity index (χ3n) is 2.69. The summed E-state index contributed by atoms with van der Waals surface area (Å²) in [5.74, 6) is 0. The monoisotopic (exact) mass is 303 g/mol. The van der Waals surface area contributed by atoms with Crippen molar-refractivity contribution in [1.29, 1.82) is 0 Å². The second-order valence-electron chi connectivity index (χ2n) is 4.10. The second-order valence-corrected chi connectivity index (χ2v) is 5.16. The van der Waals surface area contributed by atoms with E-state index in [1.807, 2.05) is 0 Å². The number of hydrogen-bond donors (Lipinski definition) is 1. The summed E-state index contributed by atoms with van der Waals surface area (Å²) >= 11 is 0.443. The number of benzene rings is 1. The maximum atomic E-state index is 12.5. The van der Waals surface area contributed by atoms with E-state index >= 15 is 0 Å². The van der Waals surface area contributed by atoms with Crippen molar-refractivity contribution in [3.05, 3.63) is 51.5 Å². The van der Waals surface area contributed by atoms with Crippen LogP contribution in [0, 0.1) is 0 Å². The van der Waals surface area contributed by atoms with Gasteiger partial charge in [0.25, 0.3) is 0 Å². The van der Waals surface area contributed by atoms with E-state index in [0.717, 1.165) is 11.8 Å². The molecule has 0 spiro atoms. The maximum Gasteiger partial charge on any atom is 0.443 e. The number of alkyl halides is 3. The number of nitrogens with zero attached hydrogens (tertiary/aromatic N) is 1. The summed E-state index contributed by atoms with van der Waals surface area (Å²) < 4.78 is 42.6. The van der Waals surface area contributed by atoms with Crippen LogP contribution in [0.5, 0.6) is 0 Å². The summed E-state index contributed by atoms with van der Waals surface area (Å²) in [6.07, 6.45) is -4.58. The predicted octanol–water partition coefficient (Wildman–Crippen LogP) is 3.39. The van der Waals surface area contributed by atoms with Gasteiger partial charge in [0, 0.05) is 13.3 Å². The summed E-state index contributed by atoms with van der Waals surface area (Å²) in [5.41, 5.74) is 1.25. The van der Waals surface area contributed by atoms with Crippen LogP contribution in [-0.4, -0.2) is 17.2 Å². The minimum Gasteiger partial charge on any atom is -0.383 e. The Morgan fingerprint density at radius 2 is 2.05 bits per heavy atom. The van der Waals surface area contributed by atoms with Crippen LogP contribution in [-0.2, 0) is 17.5 Å². The van der Waals surface area contributed by atoms with Crippen LogP contribution in [0.2, 0.25) is 0 Å².